The minimum atomic E-state index is -0.0333. The highest BCUT2D eigenvalue weighted by Gasteiger charge is 2.10. The number of methoxy groups -OCH3 is 1. The number of hydrogen-bond donors (Lipinski definition) is 1. The summed E-state index contributed by atoms with van der Waals surface area (Å²) >= 11 is 1.57. The van der Waals surface area contributed by atoms with Crippen molar-refractivity contribution in [1.82, 2.24) is 19.5 Å². The Morgan fingerprint density at radius 2 is 2.21 bits per heavy atom. The maximum absolute atomic E-state index is 12.6. The van der Waals surface area contributed by atoms with Crippen LogP contribution in [0.25, 0.3) is 21.3 Å². The van der Waals surface area contributed by atoms with E-state index in [1.165, 1.54) is 4.88 Å². The lowest BCUT2D eigenvalue weighted by molar-refractivity contribution is 0.415. The molecule has 4 rings (SSSR count). The SMILES string of the molecule is CCc1cc2c(=O)n(Cc3nc4ccc(OC)cc4[nH]3)cnc2s1. The summed E-state index contributed by atoms with van der Waals surface area (Å²) in [5.41, 5.74) is 1.70. The zero-order valence-electron chi connectivity index (χ0n) is 13.4. The van der Waals surface area contributed by atoms with E-state index in [0.29, 0.717) is 17.8 Å². The Labute approximate surface area is 141 Å². The van der Waals surface area contributed by atoms with E-state index in [0.717, 1.165) is 28.0 Å². The predicted molar refractivity (Wildman–Crippen MR) is 95.0 cm³/mol. The number of aromatic nitrogens is 4. The summed E-state index contributed by atoms with van der Waals surface area (Å²) in [7, 11) is 1.63. The van der Waals surface area contributed by atoms with Gasteiger partial charge >= 0.3 is 0 Å². The van der Waals surface area contributed by atoms with E-state index in [-0.39, 0.29) is 5.56 Å². The number of rotatable bonds is 4. The minimum absolute atomic E-state index is 0.0333. The van der Waals surface area contributed by atoms with Gasteiger partial charge in [-0.15, -0.1) is 11.3 Å². The van der Waals surface area contributed by atoms with Gasteiger partial charge in [0, 0.05) is 10.9 Å². The quantitative estimate of drug-likeness (QED) is 0.620. The molecule has 24 heavy (non-hydrogen) atoms. The summed E-state index contributed by atoms with van der Waals surface area (Å²) in [5, 5.41) is 0.678. The highest BCUT2D eigenvalue weighted by molar-refractivity contribution is 7.18. The van der Waals surface area contributed by atoms with Crippen molar-refractivity contribution in [3.63, 3.8) is 0 Å². The van der Waals surface area contributed by atoms with Crippen molar-refractivity contribution in [2.24, 2.45) is 0 Å². The molecule has 0 aliphatic heterocycles. The highest BCUT2D eigenvalue weighted by Crippen LogP contribution is 2.22. The number of hydrogen-bond acceptors (Lipinski definition) is 5. The number of imidazole rings is 1. The molecule has 0 radical (unpaired) electrons. The lowest BCUT2D eigenvalue weighted by Crippen LogP contribution is -2.21. The smallest absolute Gasteiger partial charge is 0.262 e. The van der Waals surface area contributed by atoms with Gasteiger partial charge in [0.15, 0.2) is 0 Å². The van der Waals surface area contributed by atoms with Crippen LogP contribution in [0.1, 0.15) is 17.6 Å². The average molecular weight is 340 g/mol. The van der Waals surface area contributed by atoms with Gasteiger partial charge < -0.3 is 9.72 Å². The van der Waals surface area contributed by atoms with Gasteiger partial charge in [0.2, 0.25) is 0 Å². The van der Waals surface area contributed by atoms with Gasteiger partial charge in [-0.25, -0.2) is 9.97 Å². The standard InChI is InChI=1S/C17H16N4O2S/c1-3-11-7-12-16(24-11)18-9-21(17(12)22)8-15-19-13-5-4-10(23-2)6-14(13)20-15/h4-7,9H,3,8H2,1-2H3,(H,19,20). The number of fused-ring (bicyclic) bond motifs is 2. The third kappa shape index (κ3) is 2.46. The van der Waals surface area contributed by atoms with Gasteiger partial charge in [-0.2, -0.15) is 0 Å². The molecule has 0 fully saturated rings. The summed E-state index contributed by atoms with van der Waals surface area (Å²) in [6.07, 6.45) is 2.50. The number of ether oxygens (including phenoxy) is 1. The lowest BCUT2D eigenvalue weighted by atomic mass is 10.3. The van der Waals surface area contributed by atoms with E-state index < -0.39 is 0 Å². The Bertz CT molecular complexity index is 1090. The molecule has 1 aromatic carbocycles. The van der Waals surface area contributed by atoms with Gasteiger partial charge in [-0.1, -0.05) is 6.92 Å². The van der Waals surface area contributed by atoms with Crippen LogP contribution in [-0.2, 0) is 13.0 Å². The molecule has 0 spiro atoms. The maximum Gasteiger partial charge on any atom is 0.262 e. The fourth-order valence-corrected chi connectivity index (χ4v) is 3.63. The molecular weight excluding hydrogens is 324 g/mol. The number of nitrogens with zero attached hydrogens (tertiary/aromatic N) is 3. The molecule has 3 aromatic heterocycles. The summed E-state index contributed by atoms with van der Waals surface area (Å²) in [4.78, 5) is 26.8. The zero-order valence-corrected chi connectivity index (χ0v) is 14.2. The van der Waals surface area contributed by atoms with Gasteiger partial charge in [-0.05, 0) is 24.6 Å². The first-order valence-corrected chi connectivity index (χ1v) is 8.50. The normalized spacial score (nSPS) is 11.4. The van der Waals surface area contributed by atoms with Crippen LogP contribution < -0.4 is 10.3 Å². The second kappa shape index (κ2) is 5.76. The van der Waals surface area contributed by atoms with Crippen molar-refractivity contribution in [2.45, 2.75) is 19.9 Å². The number of benzene rings is 1. The fourth-order valence-electron chi connectivity index (χ4n) is 2.70. The number of aryl methyl sites for hydroxylation is 1. The Balaban J connectivity index is 1.73. The lowest BCUT2D eigenvalue weighted by Gasteiger charge is -2.02. The van der Waals surface area contributed by atoms with E-state index in [1.807, 2.05) is 24.3 Å². The number of H-pyrrole nitrogens is 1. The Kier molecular flexibility index (Phi) is 3.57. The summed E-state index contributed by atoms with van der Waals surface area (Å²) < 4.78 is 6.80. The first-order valence-electron chi connectivity index (χ1n) is 7.68. The van der Waals surface area contributed by atoms with E-state index >= 15 is 0 Å². The second-order valence-corrected chi connectivity index (χ2v) is 6.64. The molecule has 0 saturated carbocycles. The Morgan fingerprint density at radius 1 is 1.33 bits per heavy atom. The van der Waals surface area contributed by atoms with E-state index in [2.05, 4.69) is 21.9 Å². The molecule has 0 amide bonds. The van der Waals surface area contributed by atoms with Gasteiger partial charge in [-0.3, -0.25) is 9.36 Å². The maximum atomic E-state index is 12.6. The second-order valence-electron chi connectivity index (χ2n) is 5.53. The minimum Gasteiger partial charge on any atom is -0.497 e. The predicted octanol–water partition coefficient (Wildman–Crippen LogP) is 2.95. The van der Waals surface area contributed by atoms with E-state index in [9.17, 15) is 4.79 Å². The Morgan fingerprint density at radius 3 is 3.00 bits per heavy atom. The molecule has 0 aliphatic rings. The summed E-state index contributed by atoms with van der Waals surface area (Å²) in [6.45, 7) is 2.43. The molecule has 0 aliphatic carbocycles. The van der Waals surface area contributed by atoms with Crippen LogP contribution >= 0.6 is 11.3 Å². The summed E-state index contributed by atoms with van der Waals surface area (Å²) in [5.74, 6) is 1.48. The highest BCUT2D eigenvalue weighted by atomic mass is 32.1. The molecule has 7 heteroatoms. The van der Waals surface area contributed by atoms with Crippen LogP contribution in [0, 0.1) is 0 Å². The van der Waals surface area contributed by atoms with Crippen LogP contribution in [0.15, 0.2) is 35.4 Å². The molecule has 3 heterocycles. The third-order valence-electron chi connectivity index (χ3n) is 3.98. The van der Waals surface area contributed by atoms with Crippen LogP contribution in [0.5, 0.6) is 5.75 Å². The molecule has 0 saturated heterocycles. The number of aromatic amines is 1. The summed E-state index contributed by atoms with van der Waals surface area (Å²) in [6, 6.07) is 7.59. The molecule has 0 atom stereocenters. The first kappa shape index (κ1) is 14.9. The molecular formula is C17H16N4O2S. The van der Waals surface area contributed by atoms with Crippen LogP contribution in [0.4, 0.5) is 0 Å². The van der Waals surface area contributed by atoms with Crippen molar-refractivity contribution in [3.05, 3.63) is 51.6 Å². The fraction of sp³-hybridized carbons (Fsp3) is 0.235. The molecule has 0 unspecified atom stereocenters. The van der Waals surface area contributed by atoms with Crippen molar-refractivity contribution in [1.29, 1.82) is 0 Å². The third-order valence-corrected chi connectivity index (χ3v) is 5.16. The molecule has 6 nitrogen and oxygen atoms in total. The molecule has 4 aromatic rings. The van der Waals surface area contributed by atoms with Crippen LogP contribution in [0.2, 0.25) is 0 Å². The van der Waals surface area contributed by atoms with Crippen molar-refractivity contribution in [2.75, 3.05) is 7.11 Å². The van der Waals surface area contributed by atoms with Crippen molar-refractivity contribution >= 4 is 32.6 Å². The average Bonchev–Trinajstić information content (AvgIpc) is 3.20. The molecule has 0 bridgehead atoms. The van der Waals surface area contributed by atoms with E-state index in [4.69, 9.17) is 4.74 Å². The monoisotopic (exact) mass is 340 g/mol. The van der Waals surface area contributed by atoms with Crippen molar-refractivity contribution < 1.29 is 4.74 Å². The Hall–Kier alpha value is -2.67. The largest absolute Gasteiger partial charge is 0.497 e. The molecule has 122 valence electrons. The van der Waals surface area contributed by atoms with Crippen LogP contribution in [-0.4, -0.2) is 26.6 Å². The van der Waals surface area contributed by atoms with Gasteiger partial charge in [0.25, 0.3) is 5.56 Å². The van der Waals surface area contributed by atoms with E-state index in [1.54, 1.807) is 29.3 Å². The zero-order chi connectivity index (χ0) is 16.7. The van der Waals surface area contributed by atoms with Gasteiger partial charge in [0.05, 0.1) is 36.4 Å². The van der Waals surface area contributed by atoms with Gasteiger partial charge in [0.1, 0.15) is 16.4 Å². The van der Waals surface area contributed by atoms with Crippen LogP contribution in [0.3, 0.4) is 0 Å². The number of thiophene rings is 1. The van der Waals surface area contributed by atoms with Crippen molar-refractivity contribution in [3.8, 4) is 5.75 Å². The topological polar surface area (TPSA) is 72.8 Å². The first-order chi connectivity index (χ1) is 11.7. The molecule has 1 N–H and O–H groups in total. The number of nitrogens with one attached hydrogen (secondary N) is 1.